The number of benzene rings is 2. The van der Waals surface area contributed by atoms with Gasteiger partial charge in [-0.05, 0) is 48.5 Å². The van der Waals surface area contributed by atoms with Crippen molar-refractivity contribution in [3.05, 3.63) is 84.1 Å². The number of hydrogen-bond acceptors (Lipinski definition) is 6. The first-order chi connectivity index (χ1) is 14.8. The third-order valence-corrected chi connectivity index (χ3v) is 5.90. The molecule has 1 aliphatic rings. The fourth-order valence-electron chi connectivity index (χ4n) is 3.06. The summed E-state index contributed by atoms with van der Waals surface area (Å²) in [7, 11) is -3.85. The summed E-state index contributed by atoms with van der Waals surface area (Å²) in [5, 5.41) is 2.55. The number of rotatable bonds is 6. The van der Waals surface area contributed by atoms with Crippen molar-refractivity contribution in [2.24, 2.45) is 0 Å². The number of nitrogens with one attached hydrogen (secondary N) is 2. The normalized spacial score (nSPS) is 13.1. The number of imide groups is 1. The Morgan fingerprint density at radius 2 is 1.48 bits per heavy atom. The number of aromatic nitrogens is 1. The SMILES string of the molecule is O=C(CN1C(=O)c2ccccc2C1=O)Nc1ccc(S(=O)(=O)Nc2ccccn2)cc1. The van der Waals surface area contributed by atoms with Gasteiger partial charge in [0.1, 0.15) is 12.4 Å². The Balaban J connectivity index is 1.41. The van der Waals surface area contributed by atoms with Crippen LogP contribution >= 0.6 is 0 Å². The van der Waals surface area contributed by atoms with E-state index in [1.807, 2.05) is 0 Å². The Kier molecular flexibility index (Phi) is 5.22. The lowest BCUT2D eigenvalue weighted by atomic mass is 10.1. The fourth-order valence-corrected chi connectivity index (χ4v) is 4.07. The maximum absolute atomic E-state index is 12.4. The van der Waals surface area contributed by atoms with Gasteiger partial charge in [0, 0.05) is 11.9 Å². The molecule has 156 valence electrons. The van der Waals surface area contributed by atoms with Gasteiger partial charge in [-0.25, -0.2) is 13.4 Å². The molecule has 3 aromatic rings. The minimum absolute atomic E-state index is 0.0171. The van der Waals surface area contributed by atoms with Crippen molar-refractivity contribution in [2.75, 3.05) is 16.6 Å². The zero-order chi connectivity index (χ0) is 22.0. The first kappa shape index (κ1) is 20.2. The van der Waals surface area contributed by atoms with Crippen LogP contribution in [-0.2, 0) is 14.8 Å². The monoisotopic (exact) mass is 436 g/mol. The van der Waals surface area contributed by atoms with Gasteiger partial charge in [-0.2, -0.15) is 0 Å². The quantitative estimate of drug-likeness (QED) is 0.570. The smallest absolute Gasteiger partial charge is 0.263 e. The molecule has 1 aliphatic heterocycles. The highest BCUT2D eigenvalue weighted by Crippen LogP contribution is 2.22. The Morgan fingerprint density at radius 3 is 2.06 bits per heavy atom. The van der Waals surface area contributed by atoms with Crippen LogP contribution in [0, 0.1) is 0 Å². The predicted octanol–water partition coefficient (Wildman–Crippen LogP) is 2.12. The highest BCUT2D eigenvalue weighted by molar-refractivity contribution is 7.92. The third kappa shape index (κ3) is 4.14. The minimum Gasteiger partial charge on any atom is -0.325 e. The molecule has 0 radical (unpaired) electrons. The summed E-state index contributed by atoms with van der Waals surface area (Å²) in [6, 6.07) is 16.7. The number of hydrogen-bond donors (Lipinski definition) is 2. The Labute approximate surface area is 177 Å². The largest absolute Gasteiger partial charge is 0.325 e. The molecule has 3 amide bonds. The van der Waals surface area contributed by atoms with E-state index < -0.39 is 34.3 Å². The van der Waals surface area contributed by atoms with E-state index >= 15 is 0 Å². The van der Waals surface area contributed by atoms with Gasteiger partial charge >= 0.3 is 0 Å². The van der Waals surface area contributed by atoms with E-state index in [1.54, 1.807) is 24.3 Å². The van der Waals surface area contributed by atoms with Crippen molar-refractivity contribution in [1.29, 1.82) is 0 Å². The van der Waals surface area contributed by atoms with E-state index in [9.17, 15) is 22.8 Å². The molecule has 0 unspecified atom stereocenters. The molecule has 0 spiro atoms. The Bertz CT molecular complexity index is 1240. The molecule has 0 atom stereocenters. The first-order valence-electron chi connectivity index (χ1n) is 9.14. The zero-order valence-electron chi connectivity index (χ0n) is 16.0. The molecule has 2 N–H and O–H groups in total. The van der Waals surface area contributed by atoms with Crippen molar-refractivity contribution in [2.45, 2.75) is 4.90 Å². The van der Waals surface area contributed by atoms with E-state index in [4.69, 9.17) is 0 Å². The number of fused-ring (bicyclic) bond motifs is 1. The molecule has 0 saturated heterocycles. The second-order valence-corrected chi connectivity index (χ2v) is 8.32. The van der Waals surface area contributed by atoms with Crippen molar-refractivity contribution in [1.82, 2.24) is 9.88 Å². The molecule has 0 aliphatic carbocycles. The van der Waals surface area contributed by atoms with Gasteiger partial charge in [-0.15, -0.1) is 0 Å². The van der Waals surface area contributed by atoms with Crippen molar-refractivity contribution in [3.63, 3.8) is 0 Å². The van der Waals surface area contributed by atoms with Crippen molar-refractivity contribution >= 4 is 39.3 Å². The van der Waals surface area contributed by atoms with Gasteiger partial charge in [-0.3, -0.25) is 24.0 Å². The highest BCUT2D eigenvalue weighted by Gasteiger charge is 2.36. The maximum Gasteiger partial charge on any atom is 0.263 e. The minimum atomic E-state index is -3.85. The summed E-state index contributed by atoms with van der Waals surface area (Å²) >= 11 is 0. The number of nitrogens with zero attached hydrogens (tertiary/aromatic N) is 2. The molecular weight excluding hydrogens is 420 g/mol. The summed E-state index contributed by atoms with van der Waals surface area (Å²) < 4.78 is 27.2. The first-order valence-corrected chi connectivity index (χ1v) is 10.6. The van der Waals surface area contributed by atoms with E-state index in [2.05, 4.69) is 15.0 Å². The molecule has 4 rings (SSSR count). The molecule has 2 heterocycles. The number of carbonyl (C=O) groups is 3. The summed E-state index contributed by atoms with van der Waals surface area (Å²) in [6.07, 6.45) is 1.46. The van der Waals surface area contributed by atoms with Crippen LogP contribution in [0.5, 0.6) is 0 Å². The van der Waals surface area contributed by atoms with Crippen LogP contribution in [0.25, 0.3) is 0 Å². The summed E-state index contributed by atoms with van der Waals surface area (Å²) in [6.45, 7) is -0.451. The molecule has 0 bridgehead atoms. The van der Waals surface area contributed by atoms with Gasteiger partial charge in [0.25, 0.3) is 21.8 Å². The Morgan fingerprint density at radius 1 is 0.871 bits per heavy atom. The maximum atomic E-state index is 12.4. The number of sulfonamides is 1. The van der Waals surface area contributed by atoms with Crippen molar-refractivity contribution < 1.29 is 22.8 Å². The molecule has 10 heteroatoms. The number of amides is 3. The van der Waals surface area contributed by atoms with E-state index in [0.717, 1.165) is 4.90 Å². The summed E-state index contributed by atoms with van der Waals surface area (Å²) in [4.78, 5) is 41.8. The van der Waals surface area contributed by atoms with E-state index in [0.29, 0.717) is 5.69 Å². The van der Waals surface area contributed by atoms with Crippen LogP contribution in [0.4, 0.5) is 11.5 Å². The van der Waals surface area contributed by atoms with Gasteiger partial charge in [0.15, 0.2) is 0 Å². The fraction of sp³-hybridized carbons (Fsp3) is 0.0476. The van der Waals surface area contributed by atoms with Gasteiger partial charge in [-0.1, -0.05) is 18.2 Å². The van der Waals surface area contributed by atoms with Crippen LogP contribution in [0.3, 0.4) is 0 Å². The second-order valence-electron chi connectivity index (χ2n) is 6.64. The predicted molar refractivity (Wildman–Crippen MR) is 112 cm³/mol. The second kappa shape index (κ2) is 8.00. The molecule has 2 aromatic carbocycles. The number of carbonyl (C=O) groups excluding carboxylic acids is 3. The standard InChI is InChI=1S/C21H16N4O5S/c26-19(13-25-20(27)16-5-1-2-6-17(16)21(25)28)23-14-8-10-15(11-9-14)31(29,30)24-18-7-3-4-12-22-18/h1-12H,13H2,(H,22,24)(H,23,26). The van der Waals surface area contributed by atoms with Gasteiger partial charge in [0.2, 0.25) is 5.91 Å². The molecule has 31 heavy (non-hydrogen) atoms. The van der Waals surface area contributed by atoms with Gasteiger partial charge < -0.3 is 5.32 Å². The highest BCUT2D eigenvalue weighted by atomic mass is 32.2. The summed E-state index contributed by atoms with van der Waals surface area (Å²) in [5.41, 5.74) is 0.837. The molecule has 0 fully saturated rings. The van der Waals surface area contributed by atoms with Crippen LogP contribution in [0.1, 0.15) is 20.7 Å². The molecular formula is C21H16N4O5S. The average molecular weight is 436 g/mol. The van der Waals surface area contributed by atoms with E-state index in [-0.39, 0.29) is 21.8 Å². The average Bonchev–Trinajstić information content (AvgIpc) is 3.00. The summed E-state index contributed by atoms with van der Waals surface area (Å²) in [5.74, 6) is -1.46. The lowest BCUT2D eigenvalue weighted by Gasteiger charge is -2.14. The van der Waals surface area contributed by atoms with Crippen molar-refractivity contribution in [3.8, 4) is 0 Å². The van der Waals surface area contributed by atoms with Crippen LogP contribution in [0.15, 0.2) is 77.8 Å². The number of pyridine rings is 1. The lowest BCUT2D eigenvalue weighted by Crippen LogP contribution is -2.37. The third-order valence-electron chi connectivity index (χ3n) is 4.53. The lowest BCUT2D eigenvalue weighted by molar-refractivity contribution is -0.116. The molecule has 9 nitrogen and oxygen atoms in total. The number of anilines is 2. The topological polar surface area (TPSA) is 126 Å². The van der Waals surface area contributed by atoms with Crippen LogP contribution in [-0.4, -0.2) is 42.6 Å². The zero-order valence-corrected chi connectivity index (χ0v) is 16.8. The molecule has 0 saturated carbocycles. The van der Waals surface area contributed by atoms with Crippen LogP contribution in [0.2, 0.25) is 0 Å². The Hall–Kier alpha value is -4.05. The molecule has 1 aromatic heterocycles. The van der Waals surface area contributed by atoms with E-state index in [1.165, 1.54) is 48.7 Å². The van der Waals surface area contributed by atoms with Crippen LogP contribution < -0.4 is 10.0 Å². The van der Waals surface area contributed by atoms with Gasteiger partial charge in [0.05, 0.1) is 16.0 Å².